The van der Waals surface area contributed by atoms with E-state index in [2.05, 4.69) is 11.9 Å². The van der Waals surface area contributed by atoms with E-state index in [-0.39, 0.29) is 12.5 Å². The number of nitrogens with two attached hydrogens (primary N) is 1. The van der Waals surface area contributed by atoms with Crippen molar-refractivity contribution in [2.24, 2.45) is 5.73 Å². The third-order valence-electron chi connectivity index (χ3n) is 4.08. The van der Waals surface area contributed by atoms with Crippen LogP contribution in [-0.4, -0.2) is 19.1 Å². The second kappa shape index (κ2) is 7.93. The first-order valence-corrected chi connectivity index (χ1v) is 8.53. The average Bonchev–Trinajstić information content (AvgIpc) is 2.65. The quantitative estimate of drug-likeness (QED) is 0.869. The summed E-state index contributed by atoms with van der Waals surface area (Å²) in [7, 11) is 0. The minimum Gasteiger partial charge on any atom is -0.488 e. The number of ether oxygens (including phenoxy) is 1. The molecule has 1 aliphatic heterocycles. The Hall–Kier alpha value is -2.98. The number of fused-ring (bicyclic) bond motifs is 1. The van der Waals surface area contributed by atoms with Gasteiger partial charge in [-0.05, 0) is 52.6 Å². The van der Waals surface area contributed by atoms with Crippen molar-refractivity contribution in [1.29, 1.82) is 0 Å². The lowest BCUT2D eigenvalue weighted by Crippen LogP contribution is -2.33. The Kier molecular flexibility index (Phi) is 5.44. The maximum atomic E-state index is 12.5. The van der Waals surface area contributed by atoms with Crippen molar-refractivity contribution in [2.45, 2.75) is 0 Å². The molecule has 0 saturated heterocycles. The van der Waals surface area contributed by atoms with E-state index in [1.54, 1.807) is 30.4 Å². The van der Waals surface area contributed by atoms with Gasteiger partial charge in [-0.15, -0.1) is 0 Å². The first-order chi connectivity index (χ1) is 12.6. The largest absolute Gasteiger partial charge is 0.488 e. The fraction of sp³-hybridized carbons (Fsp3) is 0.0952. The van der Waals surface area contributed by atoms with Crippen molar-refractivity contribution >= 4 is 35.7 Å². The number of benzene rings is 2. The van der Waals surface area contributed by atoms with E-state index >= 15 is 0 Å². The van der Waals surface area contributed by atoms with Crippen LogP contribution in [0.25, 0.3) is 18.2 Å². The van der Waals surface area contributed by atoms with Gasteiger partial charge in [0.2, 0.25) is 0 Å². The zero-order valence-corrected chi connectivity index (χ0v) is 14.9. The Morgan fingerprint density at radius 2 is 2.12 bits per heavy atom. The molecular formula is C21H19ClN2O2. The van der Waals surface area contributed by atoms with Crippen LogP contribution in [0.15, 0.2) is 60.3 Å². The third-order valence-corrected chi connectivity index (χ3v) is 4.31. The number of amides is 1. The Bertz CT molecular complexity index is 1010. The molecule has 0 atom stereocenters. The lowest BCUT2D eigenvalue weighted by atomic mass is 10.1. The van der Waals surface area contributed by atoms with Gasteiger partial charge in [0.15, 0.2) is 0 Å². The van der Waals surface area contributed by atoms with Crippen LogP contribution in [-0.2, 0) is 4.79 Å². The summed E-state index contributed by atoms with van der Waals surface area (Å²) in [6.07, 6.45) is 5.02. The SMILES string of the molecule is C=c1cccc/c1=C(/C=C\N)CNC(=O)C1=Cc2cc(Cl)ccc2OC1. The maximum Gasteiger partial charge on any atom is 0.250 e. The minimum absolute atomic E-state index is 0.194. The minimum atomic E-state index is -0.194. The Labute approximate surface area is 156 Å². The van der Waals surface area contributed by atoms with Crippen molar-refractivity contribution in [1.82, 2.24) is 5.32 Å². The maximum absolute atomic E-state index is 12.5. The van der Waals surface area contributed by atoms with E-state index in [4.69, 9.17) is 22.1 Å². The number of nitrogens with one attached hydrogen (secondary N) is 1. The zero-order chi connectivity index (χ0) is 18.5. The average molecular weight is 367 g/mol. The van der Waals surface area contributed by atoms with Crippen LogP contribution in [0.1, 0.15) is 5.56 Å². The van der Waals surface area contributed by atoms with Gasteiger partial charge >= 0.3 is 0 Å². The van der Waals surface area contributed by atoms with Crippen molar-refractivity contribution < 1.29 is 9.53 Å². The highest BCUT2D eigenvalue weighted by atomic mass is 35.5. The zero-order valence-electron chi connectivity index (χ0n) is 14.2. The van der Waals surface area contributed by atoms with Gasteiger partial charge in [-0.2, -0.15) is 0 Å². The Morgan fingerprint density at radius 1 is 1.31 bits per heavy atom. The van der Waals surface area contributed by atoms with Crippen LogP contribution in [0.5, 0.6) is 5.75 Å². The molecule has 0 saturated carbocycles. The highest BCUT2D eigenvalue weighted by Crippen LogP contribution is 2.28. The molecule has 3 N–H and O–H groups in total. The predicted molar refractivity (Wildman–Crippen MR) is 106 cm³/mol. The second-order valence-electron chi connectivity index (χ2n) is 5.86. The lowest BCUT2D eigenvalue weighted by molar-refractivity contribution is -0.117. The number of carbonyl (C=O) groups excluding carboxylic acids is 1. The summed E-state index contributed by atoms with van der Waals surface area (Å²) in [5, 5.41) is 5.33. The van der Waals surface area contributed by atoms with E-state index in [9.17, 15) is 4.79 Å². The molecule has 0 bridgehead atoms. The highest BCUT2D eigenvalue weighted by Gasteiger charge is 2.17. The molecule has 0 aromatic heterocycles. The van der Waals surface area contributed by atoms with Crippen LogP contribution < -0.4 is 26.2 Å². The van der Waals surface area contributed by atoms with E-state index in [0.717, 1.165) is 27.3 Å². The predicted octanol–water partition coefficient (Wildman–Crippen LogP) is 1.97. The summed E-state index contributed by atoms with van der Waals surface area (Å²) >= 11 is 6.01. The molecule has 0 aliphatic carbocycles. The molecule has 3 rings (SSSR count). The van der Waals surface area contributed by atoms with Crippen molar-refractivity contribution in [3.8, 4) is 5.75 Å². The van der Waals surface area contributed by atoms with Gasteiger partial charge < -0.3 is 15.8 Å². The lowest BCUT2D eigenvalue weighted by Gasteiger charge is -2.18. The summed E-state index contributed by atoms with van der Waals surface area (Å²) in [6.45, 7) is 4.57. The van der Waals surface area contributed by atoms with Gasteiger partial charge in [-0.25, -0.2) is 0 Å². The van der Waals surface area contributed by atoms with E-state index in [0.29, 0.717) is 17.1 Å². The molecule has 0 radical (unpaired) electrons. The highest BCUT2D eigenvalue weighted by molar-refractivity contribution is 6.30. The Balaban J connectivity index is 1.81. The molecule has 26 heavy (non-hydrogen) atoms. The summed E-state index contributed by atoms with van der Waals surface area (Å²) in [6, 6.07) is 13.0. The number of rotatable bonds is 4. The molecule has 4 nitrogen and oxygen atoms in total. The number of carbonyl (C=O) groups is 1. The first-order valence-electron chi connectivity index (χ1n) is 8.15. The van der Waals surface area contributed by atoms with Crippen LogP contribution in [0, 0.1) is 0 Å². The monoisotopic (exact) mass is 366 g/mol. The summed E-state index contributed by atoms with van der Waals surface area (Å²) < 4.78 is 5.63. The van der Waals surface area contributed by atoms with Crippen molar-refractivity contribution in [3.63, 3.8) is 0 Å². The molecule has 0 unspecified atom stereocenters. The number of hydrogen-bond acceptors (Lipinski definition) is 3. The molecular weight excluding hydrogens is 348 g/mol. The molecule has 0 fully saturated rings. The van der Waals surface area contributed by atoms with Crippen LogP contribution in [0.4, 0.5) is 0 Å². The fourth-order valence-corrected chi connectivity index (χ4v) is 2.94. The standard InChI is InChI=1S/C21H19ClN2O2/c1-14-4-2-3-5-19(14)15(8-9-23)12-24-21(25)17-10-16-11-18(22)6-7-20(16)26-13-17/h2-11H,1,12-13,23H2,(H,24,25)/b9-8-,19-15+. The topological polar surface area (TPSA) is 64.3 Å². The number of hydrogen-bond donors (Lipinski definition) is 2. The molecule has 5 heteroatoms. The van der Waals surface area contributed by atoms with Crippen molar-refractivity contribution in [2.75, 3.05) is 13.2 Å². The normalized spacial score (nSPS) is 14.3. The number of halogens is 1. The molecule has 1 aliphatic rings. The van der Waals surface area contributed by atoms with Gasteiger partial charge in [0, 0.05) is 17.1 Å². The summed E-state index contributed by atoms with van der Waals surface area (Å²) in [5.41, 5.74) is 7.77. The van der Waals surface area contributed by atoms with E-state index in [1.807, 2.05) is 24.3 Å². The van der Waals surface area contributed by atoms with Crippen LogP contribution in [0.3, 0.4) is 0 Å². The summed E-state index contributed by atoms with van der Waals surface area (Å²) in [4.78, 5) is 12.5. The molecule has 132 valence electrons. The summed E-state index contributed by atoms with van der Waals surface area (Å²) in [5.74, 6) is 0.523. The van der Waals surface area contributed by atoms with E-state index < -0.39 is 0 Å². The smallest absolute Gasteiger partial charge is 0.250 e. The first kappa shape index (κ1) is 17.8. The second-order valence-corrected chi connectivity index (χ2v) is 6.30. The van der Waals surface area contributed by atoms with Gasteiger partial charge in [-0.1, -0.05) is 42.4 Å². The van der Waals surface area contributed by atoms with Crippen LogP contribution in [0.2, 0.25) is 5.02 Å². The molecule has 1 heterocycles. The van der Waals surface area contributed by atoms with Gasteiger partial charge in [0.1, 0.15) is 12.4 Å². The molecule has 0 spiro atoms. The van der Waals surface area contributed by atoms with E-state index in [1.165, 1.54) is 6.20 Å². The van der Waals surface area contributed by atoms with Gasteiger partial charge in [0.25, 0.3) is 5.91 Å². The fourth-order valence-electron chi connectivity index (χ4n) is 2.76. The Morgan fingerprint density at radius 3 is 2.88 bits per heavy atom. The third kappa shape index (κ3) is 3.98. The van der Waals surface area contributed by atoms with Gasteiger partial charge in [-0.3, -0.25) is 4.79 Å². The molecule has 1 amide bonds. The molecule has 2 aromatic rings. The molecule has 2 aromatic carbocycles. The van der Waals surface area contributed by atoms with Crippen LogP contribution >= 0.6 is 11.6 Å². The van der Waals surface area contributed by atoms with Crippen molar-refractivity contribution in [3.05, 3.63) is 81.3 Å². The van der Waals surface area contributed by atoms with Gasteiger partial charge in [0.05, 0.1) is 5.57 Å².